The van der Waals surface area contributed by atoms with E-state index in [0.717, 1.165) is 32.7 Å². The number of hydrogen-bond acceptors (Lipinski definition) is 17. The summed E-state index contributed by atoms with van der Waals surface area (Å²) >= 11 is 1.69. The highest BCUT2D eigenvalue weighted by Crippen LogP contribution is 2.44. The number of ether oxygens (including phenoxy) is 1. The Balaban J connectivity index is 0.000000844. The fourth-order valence-electron chi connectivity index (χ4n) is 11.1. The van der Waals surface area contributed by atoms with E-state index in [1.54, 1.807) is 49.9 Å². The molecule has 7 unspecified atom stereocenters. The summed E-state index contributed by atoms with van der Waals surface area (Å²) in [4.78, 5) is 163. The number of benzene rings is 4. The molecule has 8 atom stereocenters. The number of carbonyl (C=O) groups is 12. The van der Waals surface area contributed by atoms with E-state index in [-0.39, 0.29) is 38.5 Å². The van der Waals surface area contributed by atoms with Gasteiger partial charge in [-0.2, -0.15) is 0 Å². The molecule has 3 heterocycles. The van der Waals surface area contributed by atoms with Crippen molar-refractivity contribution in [3.63, 3.8) is 0 Å². The van der Waals surface area contributed by atoms with E-state index in [4.69, 9.17) is 4.74 Å². The first-order chi connectivity index (χ1) is 47.3. The highest BCUT2D eigenvalue weighted by Gasteiger charge is 2.41. The summed E-state index contributed by atoms with van der Waals surface area (Å²) in [5, 5.41) is 59.0. The van der Waals surface area contributed by atoms with Crippen LogP contribution in [0.5, 0.6) is 5.75 Å². The van der Waals surface area contributed by atoms with Crippen LogP contribution in [0.25, 0.3) is 22.0 Å². The Hall–Kier alpha value is -10.1. The number of aromatic nitrogens is 1. The van der Waals surface area contributed by atoms with Gasteiger partial charge in [0.1, 0.15) is 49.1 Å². The van der Waals surface area contributed by atoms with Crippen molar-refractivity contribution in [1.29, 1.82) is 0 Å². The van der Waals surface area contributed by atoms with Gasteiger partial charge in [0, 0.05) is 42.1 Å². The van der Waals surface area contributed by atoms with Gasteiger partial charge in [0.2, 0.25) is 65.0 Å². The minimum atomic E-state index is -1.63. The van der Waals surface area contributed by atoms with Gasteiger partial charge in [0.15, 0.2) is 0 Å². The van der Waals surface area contributed by atoms with Crippen LogP contribution in [0, 0.1) is 18.8 Å². The zero-order valence-corrected chi connectivity index (χ0v) is 57.6. The van der Waals surface area contributed by atoms with Gasteiger partial charge >= 0.3 is 6.09 Å². The Morgan fingerprint density at radius 3 is 1.89 bits per heavy atom. The number of aromatic amines is 1. The van der Waals surface area contributed by atoms with Gasteiger partial charge in [0.25, 0.3) is 0 Å². The first-order valence-electron chi connectivity index (χ1n) is 32.8. The highest BCUT2D eigenvalue weighted by molar-refractivity contribution is 7.98. The average Bonchev–Trinajstić information content (AvgIpc) is 1.62. The molecule has 30 heteroatoms. The minimum Gasteiger partial charge on any atom is -0.508 e. The molecule has 1 aromatic heterocycles. The fraction of sp³-hybridized carbons (Fsp3) is 0.449. The predicted octanol–water partition coefficient (Wildman–Crippen LogP) is 1.95. The summed E-state index contributed by atoms with van der Waals surface area (Å²) in [6.07, 6.45) is 1.02. The highest BCUT2D eigenvalue weighted by atomic mass is 32.2. The van der Waals surface area contributed by atoms with E-state index in [1.807, 2.05) is 60.9 Å². The van der Waals surface area contributed by atoms with Crippen molar-refractivity contribution < 1.29 is 77.6 Å². The van der Waals surface area contributed by atoms with Crippen LogP contribution in [0.1, 0.15) is 102 Å². The molecule has 29 nitrogen and oxygen atoms in total. The predicted molar refractivity (Wildman–Crippen MR) is 369 cm³/mol. The first-order valence-corrected chi connectivity index (χ1v) is 34.0. The molecule has 4 aromatic carbocycles. The van der Waals surface area contributed by atoms with E-state index in [2.05, 4.69) is 84.2 Å². The molecule has 0 spiro atoms. The zero-order chi connectivity index (χ0) is 72.5. The maximum atomic E-state index is 14.4. The second-order valence-corrected chi connectivity index (χ2v) is 25.0. The number of hydrogen-bond donors (Lipinski definition) is 15. The topological polar surface area (TPSA) is 426 Å². The molecule has 3 aliphatic rings. The molecule has 2 saturated heterocycles. The molecule has 1 aliphatic carbocycles. The van der Waals surface area contributed by atoms with Crippen molar-refractivity contribution in [1.82, 2.24) is 63.1 Å². The quantitative estimate of drug-likeness (QED) is 0.0592. The molecule has 99 heavy (non-hydrogen) atoms. The average molecular weight is 1390 g/mol. The van der Waals surface area contributed by atoms with E-state index >= 15 is 0 Å². The number of H-pyrrole nitrogens is 1. The molecule has 2 fully saturated rings. The number of alkyl carbamates (subject to hydrolysis) is 1. The molecular formula is C69H91N13O16S. The Kier molecular flexibility index (Phi) is 30.1. The number of rotatable bonds is 17. The Bertz CT molecular complexity index is 3650. The molecule has 12 amide bonds. The second kappa shape index (κ2) is 38.2. The van der Waals surface area contributed by atoms with Crippen LogP contribution in [-0.2, 0) is 64.0 Å². The van der Waals surface area contributed by atoms with E-state index in [0.29, 0.717) is 23.4 Å². The van der Waals surface area contributed by atoms with Crippen molar-refractivity contribution in [2.75, 3.05) is 64.1 Å². The maximum absolute atomic E-state index is 14.4. The molecule has 0 bridgehead atoms. The van der Waals surface area contributed by atoms with Crippen LogP contribution in [0.4, 0.5) is 10.5 Å². The summed E-state index contributed by atoms with van der Waals surface area (Å²) in [5.74, 6) is -10.3. The van der Waals surface area contributed by atoms with Crippen LogP contribution in [0.15, 0.2) is 96.0 Å². The molecule has 0 saturated carbocycles. The number of aryl methyl sites for hydroxylation is 1. The third-order valence-corrected chi connectivity index (χ3v) is 17.5. The van der Waals surface area contributed by atoms with Crippen molar-refractivity contribution in [2.24, 2.45) is 11.8 Å². The Morgan fingerprint density at radius 1 is 0.707 bits per heavy atom. The summed E-state index contributed by atoms with van der Waals surface area (Å²) in [6.45, 7) is 8.52. The summed E-state index contributed by atoms with van der Waals surface area (Å²) in [6, 6.07) is 20.7. The van der Waals surface area contributed by atoms with Gasteiger partial charge in [-0.1, -0.05) is 108 Å². The zero-order valence-electron chi connectivity index (χ0n) is 56.8. The molecule has 5 aromatic rings. The lowest BCUT2D eigenvalue weighted by Gasteiger charge is -2.31. The van der Waals surface area contributed by atoms with Crippen LogP contribution in [0.2, 0.25) is 0 Å². The summed E-state index contributed by atoms with van der Waals surface area (Å²) < 4.78 is 5.48. The Morgan fingerprint density at radius 2 is 1.29 bits per heavy atom. The number of nitrogens with one attached hydrogen (secondary N) is 12. The number of aliphatic hydroxyl groups is 2. The van der Waals surface area contributed by atoms with Gasteiger partial charge in [-0.25, -0.2) is 4.79 Å². The van der Waals surface area contributed by atoms with Crippen LogP contribution < -0.4 is 58.5 Å². The molecular weight excluding hydrogens is 1300 g/mol. The molecule has 2 aliphatic heterocycles. The number of anilines is 1. The minimum absolute atomic E-state index is 0.0344. The van der Waals surface area contributed by atoms with Crippen molar-refractivity contribution >= 4 is 99.4 Å². The molecule has 15 N–H and O–H groups in total. The van der Waals surface area contributed by atoms with Crippen LogP contribution in [0.3, 0.4) is 0 Å². The fourth-order valence-corrected chi connectivity index (χ4v) is 11.7. The number of nitrogens with zero attached hydrogens (tertiary/aromatic N) is 1. The number of aromatic hydroxyl groups is 1. The van der Waals surface area contributed by atoms with Gasteiger partial charge < -0.3 is 88.4 Å². The number of phenols is 1. The normalized spacial score (nSPS) is 19.2. The van der Waals surface area contributed by atoms with Crippen molar-refractivity contribution in [2.45, 2.75) is 134 Å². The number of aliphatic hydroxyl groups excluding tert-OH is 2. The van der Waals surface area contributed by atoms with E-state index in [1.165, 1.54) is 48.4 Å². The molecule has 0 radical (unpaired) electrons. The first kappa shape index (κ1) is 77.9. The standard InChI is InChI=1S/C56H72N12O15.C10H11NOS.C3H8/c1-5-30(2)49-53(79)60-23-44(72)58-25-47(75)65-40(55(81)68-20-10-15-41(68)52(78)67-50(31(3)42(70)28-69)54(80)61-24-45(73)59-26-48(76)66-49)21-43(71)57-22-33-16-18-34(19-17-33)64-51(77)32(4)63-46(74)27-62-56(82)83-29-39-37-13-8-6-11-35(37)36-12-7-9-14-38(36)39;1-6-8-4-3-7(12)5-9(8)11-10(6)13-2;1-3-2/h6-9,11-14,16-19,30-32,39-42,49-50,69-70H,5,10,15,20-29H2,1-4H3,(H,57,71)(H,58,72)(H,59,73)(H,60,79)(H,61,80)(H,62,82)(H,63,74)(H,64,77)(H,65,75)(H,66,76)(H,67,78);3-5,11-12H,1-2H3;3H2,1-2H3/t30?,31-,32?,40?,41?,42?,49?,50?;;/m0../s1. The Labute approximate surface area is 578 Å². The number of thioether (sulfide) groups is 1. The number of fused-ring (bicyclic) bond motifs is 5. The molecule has 8 rings (SSSR count). The van der Waals surface area contributed by atoms with E-state index in [9.17, 15) is 72.9 Å². The van der Waals surface area contributed by atoms with Crippen LogP contribution >= 0.6 is 11.8 Å². The summed E-state index contributed by atoms with van der Waals surface area (Å²) in [5.41, 5.74) is 7.31. The lowest BCUT2D eigenvalue weighted by molar-refractivity contribution is -0.143. The second-order valence-electron chi connectivity index (χ2n) is 24.2. The lowest BCUT2D eigenvalue weighted by Crippen LogP contribution is -2.60. The third kappa shape index (κ3) is 22.5. The van der Waals surface area contributed by atoms with E-state index < -0.39 is 165 Å². The van der Waals surface area contributed by atoms with Gasteiger partial charge in [0.05, 0.1) is 55.9 Å². The van der Waals surface area contributed by atoms with Gasteiger partial charge in [-0.05, 0) is 96.5 Å². The number of amides is 12. The monoisotopic (exact) mass is 1390 g/mol. The lowest BCUT2D eigenvalue weighted by atomic mass is 9.94. The molecule has 534 valence electrons. The SMILES string of the molecule is CCC.CCC(C)C1NC(=O)CNC(=O)CNC(=O)C([C@@H](C)C(O)CO)NC(=O)C2CCCN2C(=O)C(CC(=O)NCc2ccc(NC(=O)C(C)NC(=O)CNC(=O)OCC3c4ccccc4-c4ccccc43)cc2)NC(=O)CNC(=O)CNC1=O.CSc1[nH]c2cc(O)ccc2c1C. The number of phenolic OH excluding ortho intramolecular Hbond substituents is 1. The maximum Gasteiger partial charge on any atom is 0.407 e. The van der Waals surface area contributed by atoms with Gasteiger partial charge in [-0.15, -0.1) is 11.8 Å². The van der Waals surface area contributed by atoms with Crippen LogP contribution in [-0.4, -0.2) is 191 Å². The third-order valence-electron chi connectivity index (χ3n) is 16.7. The van der Waals surface area contributed by atoms with Gasteiger partial charge in [-0.3, -0.25) is 52.7 Å². The number of carbonyl (C=O) groups excluding carboxylic acids is 12. The summed E-state index contributed by atoms with van der Waals surface area (Å²) in [7, 11) is 0. The van der Waals surface area contributed by atoms with Crippen molar-refractivity contribution in [3.8, 4) is 16.9 Å². The largest absolute Gasteiger partial charge is 0.508 e. The van der Waals surface area contributed by atoms with Crippen molar-refractivity contribution in [3.05, 3.63) is 113 Å². The smallest absolute Gasteiger partial charge is 0.407 e.